The number of primary amides is 1. The van der Waals surface area contributed by atoms with Crippen LogP contribution >= 0.6 is 24.2 Å². The topological polar surface area (TPSA) is 133 Å². The summed E-state index contributed by atoms with van der Waals surface area (Å²) in [7, 11) is 0. The third kappa shape index (κ3) is 5.48. The molecule has 1 aromatic carbocycles. The van der Waals surface area contributed by atoms with Gasteiger partial charge in [0.1, 0.15) is 23.0 Å². The second-order valence-electron chi connectivity index (χ2n) is 7.22. The molecule has 1 fully saturated rings. The van der Waals surface area contributed by atoms with Gasteiger partial charge in [-0.15, -0.1) is 12.4 Å². The number of amides is 1. The molecule has 0 unspecified atom stereocenters. The predicted octanol–water partition coefficient (Wildman–Crippen LogP) is 2.92. The lowest BCUT2D eigenvalue weighted by Crippen LogP contribution is -2.40. The van der Waals surface area contributed by atoms with Gasteiger partial charge in [0.2, 0.25) is 5.91 Å². The molecular formula is C22H25ClN6OS. The first-order valence-electron chi connectivity index (χ1n) is 9.90. The summed E-state index contributed by atoms with van der Waals surface area (Å²) in [6.45, 7) is 3.38. The molecule has 1 aromatic heterocycles. The largest absolute Gasteiger partial charge is 0.369 e. The molecule has 4 N–H and O–H groups in total. The van der Waals surface area contributed by atoms with Crippen molar-refractivity contribution in [2.45, 2.75) is 48.6 Å². The zero-order valence-electron chi connectivity index (χ0n) is 17.3. The summed E-state index contributed by atoms with van der Waals surface area (Å²) in [4.78, 5) is 19.1. The van der Waals surface area contributed by atoms with Gasteiger partial charge in [-0.1, -0.05) is 36.9 Å². The molecule has 0 atom stereocenters. The van der Waals surface area contributed by atoms with Crippen LogP contribution in [0.3, 0.4) is 0 Å². The lowest BCUT2D eigenvalue weighted by Gasteiger charge is -2.32. The summed E-state index contributed by atoms with van der Waals surface area (Å²) >= 11 is 1.33. The van der Waals surface area contributed by atoms with Crippen molar-refractivity contribution in [1.29, 1.82) is 10.5 Å². The van der Waals surface area contributed by atoms with Gasteiger partial charge in [0.25, 0.3) is 0 Å². The van der Waals surface area contributed by atoms with Crippen molar-refractivity contribution in [2.75, 3.05) is 18.0 Å². The van der Waals surface area contributed by atoms with E-state index >= 15 is 0 Å². The van der Waals surface area contributed by atoms with Crippen LogP contribution in [0, 0.1) is 22.7 Å². The van der Waals surface area contributed by atoms with E-state index in [-0.39, 0.29) is 24.9 Å². The highest BCUT2D eigenvalue weighted by atomic mass is 35.5. The molecule has 0 aliphatic carbocycles. The van der Waals surface area contributed by atoms with Crippen molar-refractivity contribution in [1.82, 2.24) is 4.98 Å². The van der Waals surface area contributed by atoms with Gasteiger partial charge in [-0.05, 0) is 36.5 Å². The number of piperidine rings is 1. The fraction of sp³-hybridized carbons (Fsp3) is 0.364. The zero-order chi connectivity index (χ0) is 21.7. The number of nitrogens with two attached hydrogens (primary N) is 2. The SMILES string of the molecule is CCc1c(C#N)c(Sc2ccccc2CC(N)=O)nc(N2CCC(N)CC2)c1C#N.Cl. The van der Waals surface area contributed by atoms with E-state index in [0.717, 1.165) is 36.4 Å². The van der Waals surface area contributed by atoms with Crippen molar-refractivity contribution in [2.24, 2.45) is 11.5 Å². The highest BCUT2D eigenvalue weighted by Crippen LogP contribution is 2.37. The molecule has 1 aliphatic heterocycles. The molecule has 1 saturated heterocycles. The number of carbonyl (C=O) groups is 1. The number of halogens is 1. The monoisotopic (exact) mass is 456 g/mol. The zero-order valence-corrected chi connectivity index (χ0v) is 18.9. The summed E-state index contributed by atoms with van der Waals surface area (Å²) in [5, 5.41) is 20.2. The minimum Gasteiger partial charge on any atom is -0.369 e. The van der Waals surface area contributed by atoms with E-state index in [1.165, 1.54) is 11.8 Å². The summed E-state index contributed by atoms with van der Waals surface area (Å²) in [6, 6.07) is 12.1. The molecule has 0 bridgehead atoms. The Morgan fingerprint density at radius 1 is 1.23 bits per heavy atom. The molecule has 31 heavy (non-hydrogen) atoms. The molecule has 0 spiro atoms. The molecule has 1 aliphatic rings. The minimum atomic E-state index is -0.420. The number of anilines is 1. The van der Waals surface area contributed by atoms with Gasteiger partial charge in [0.05, 0.1) is 17.5 Å². The van der Waals surface area contributed by atoms with Crippen LogP contribution in [0.15, 0.2) is 34.2 Å². The Morgan fingerprint density at radius 3 is 2.45 bits per heavy atom. The van der Waals surface area contributed by atoms with Gasteiger partial charge < -0.3 is 16.4 Å². The number of pyridine rings is 1. The smallest absolute Gasteiger partial charge is 0.221 e. The van der Waals surface area contributed by atoms with Crippen molar-refractivity contribution < 1.29 is 4.79 Å². The van der Waals surface area contributed by atoms with E-state index < -0.39 is 5.91 Å². The first-order valence-corrected chi connectivity index (χ1v) is 10.7. The van der Waals surface area contributed by atoms with Crippen LogP contribution in [-0.4, -0.2) is 30.0 Å². The molecule has 9 heteroatoms. The maximum absolute atomic E-state index is 11.5. The van der Waals surface area contributed by atoms with E-state index in [9.17, 15) is 15.3 Å². The fourth-order valence-corrected chi connectivity index (χ4v) is 4.67. The third-order valence-electron chi connectivity index (χ3n) is 5.21. The van der Waals surface area contributed by atoms with E-state index in [1.54, 1.807) is 0 Å². The Labute approximate surface area is 192 Å². The fourth-order valence-electron chi connectivity index (χ4n) is 3.64. The average molecular weight is 457 g/mol. The second kappa shape index (κ2) is 11.0. The van der Waals surface area contributed by atoms with Crippen molar-refractivity contribution in [3.05, 3.63) is 46.5 Å². The number of rotatable bonds is 6. The van der Waals surface area contributed by atoms with Gasteiger partial charge in [0.15, 0.2) is 0 Å². The predicted molar refractivity (Wildman–Crippen MR) is 123 cm³/mol. The van der Waals surface area contributed by atoms with Crippen LogP contribution in [-0.2, 0) is 17.6 Å². The Hall–Kier alpha value is -2.78. The Balaban J connectivity index is 0.00000341. The molecule has 3 rings (SSSR count). The highest BCUT2D eigenvalue weighted by molar-refractivity contribution is 7.99. The maximum Gasteiger partial charge on any atom is 0.221 e. The third-order valence-corrected chi connectivity index (χ3v) is 6.32. The number of hydrogen-bond acceptors (Lipinski definition) is 7. The lowest BCUT2D eigenvalue weighted by atomic mass is 10.00. The van der Waals surface area contributed by atoms with E-state index in [1.807, 2.05) is 31.2 Å². The quantitative estimate of drug-likeness (QED) is 0.682. The first kappa shape index (κ1) is 24.5. The summed E-state index contributed by atoms with van der Waals surface area (Å²) in [5.74, 6) is 0.186. The van der Waals surface area contributed by atoms with Gasteiger partial charge in [-0.25, -0.2) is 4.98 Å². The molecule has 0 radical (unpaired) electrons. The Kier molecular flexibility index (Phi) is 8.70. The number of nitrogens with zero attached hydrogens (tertiary/aromatic N) is 4. The van der Waals surface area contributed by atoms with Gasteiger partial charge in [-0.2, -0.15) is 10.5 Å². The molecule has 0 saturated carbocycles. The number of benzene rings is 1. The van der Waals surface area contributed by atoms with Crippen LogP contribution in [0.25, 0.3) is 0 Å². The van der Waals surface area contributed by atoms with Gasteiger partial charge >= 0.3 is 0 Å². The van der Waals surface area contributed by atoms with Crippen LogP contribution in [0.1, 0.15) is 42.0 Å². The number of carbonyl (C=O) groups excluding carboxylic acids is 1. The molecule has 7 nitrogen and oxygen atoms in total. The Morgan fingerprint density at radius 2 is 1.87 bits per heavy atom. The normalized spacial score (nSPS) is 13.7. The van der Waals surface area contributed by atoms with Crippen LogP contribution in [0.4, 0.5) is 5.82 Å². The molecular weight excluding hydrogens is 432 g/mol. The van der Waals surface area contributed by atoms with Crippen molar-refractivity contribution in [3.63, 3.8) is 0 Å². The minimum absolute atomic E-state index is 0. The highest BCUT2D eigenvalue weighted by Gasteiger charge is 2.26. The first-order chi connectivity index (χ1) is 14.5. The summed E-state index contributed by atoms with van der Waals surface area (Å²) < 4.78 is 0. The van der Waals surface area contributed by atoms with E-state index in [0.29, 0.717) is 34.0 Å². The van der Waals surface area contributed by atoms with Crippen molar-refractivity contribution in [3.8, 4) is 12.1 Å². The van der Waals surface area contributed by atoms with Crippen molar-refractivity contribution >= 4 is 35.9 Å². The maximum atomic E-state index is 11.5. The van der Waals surface area contributed by atoms with Gasteiger partial charge in [-0.3, -0.25) is 4.79 Å². The number of hydrogen-bond donors (Lipinski definition) is 2. The molecule has 2 aromatic rings. The second-order valence-corrected chi connectivity index (χ2v) is 8.25. The summed E-state index contributed by atoms with van der Waals surface area (Å²) in [5.41, 5.74) is 13.8. The molecule has 162 valence electrons. The van der Waals surface area contributed by atoms with E-state index in [4.69, 9.17) is 16.5 Å². The summed E-state index contributed by atoms with van der Waals surface area (Å²) in [6.07, 6.45) is 2.32. The Bertz CT molecular complexity index is 1040. The van der Waals surface area contributed by atoms with Crippen LogP contribution in [0.2, 0.25) is 0 Å². The standard InChI is InChI=1S/C22H24N6OS.ClH/c1-2-16-17(12-23)21(28-9-7-15(25)8-10-28)27-22(18(16)13-24)30-19-6-4-3-5-14(19)11-20(26)29;/h3-6,15H,2,7-11,25H2,1H3,(H2,26,29);1H. The van der Waals surface area contributed by atoms with Crippen LogP contribution < -0.4 is 16.4 Å². The average Bonchev–Trinajstić information content (AvgIpc) is 2.74. The number of aromatic nitrogens is 1. The van der Waals surface area contributed by atoms with E-state index in [2.05, 4.69) is 17.0 Å². The number of nitriles is 2. The van der Waals surface area contributed by atoms with Gasteiger partial charge in [0, 0.05) is 24.0 Å². The molecule has 2 heterocycles. The van der Waals surface area contributed by atoms with Crippen LogP contribution in [0.5, 0.6) is 0 Å². The molecule has 1 amide bonds. The lowest BCUT2D eigenvalue weighted by molar-refractivity contribution is -0.117.